The first-order chi connectivity index (χ1) is 20.7. The van der Waals surface area contributed by atoms with E-state index in [4.69, 9.17) is 9.29 Å². The minimum absolute atomic E-state index is 0.0423. The Balaban J connectivity index is 1.35. The monoisotopic (exact) mass is 607 g/mol. The number of hydrogen-bond acceptors (Lipinski definition) is 5. The molecule has 0 aromatic heterocycles. The topological polar surface area (TPSA) is 114 Å². The lowest BCUT2D eigenvalue weighted by atomic mass is 10.1. The van der Waals surface area contributed by atoms with Gasteiger partial charge in [-0.1, -0.05) is 73.5 Å². The lowest BCUT2D eigenvalue weighted by Crippen LogP contribution is -2.18. The molecule has 0 unspecified atom stereocenters. The van der Waals surface area contributed by atoms with Crippen LogP contribution < -0.4 is 10.3 Å². The fraction of sp³-hybridized carbons (Fsp3) is 0.250. The second-order valence-electron chi connectivity index (χ2n) is 10.3. The van der Waals surface area contributed by atoms with Crippen molar-refractivity contribution in [2.75, 3.05) is 12.4 Å². The Hall–Kier alpha value is -4.35. The molecule has 0 fully saturated rings. The van der Waals surface area contributed by atoms with Crippen LogP contribution in [-0.4, -0.2) is 39.9 Å². The van der Waals surface area contributed by atoms with Crippen LogP contribution in [0.5, 0.6) is 5.75 Å². The zero-order valence-electron chi connectivity index (χ0n) is 23.3. The molecule has 5 rings (SSSR count). The number of aromatic amines is 1. The van der Waals surface area contributed by atoms with E-state index in [-0.39, 0.29) is 35.6 Å². The van der Waals surface area contributed by atoms with Gasteiger partial charge in [-0.3, -0.25) is 13.9 Å². The number of unbranched alkanes of at least 4 members (excludes halogenated alkanes) is 3. The number of halogens is 2. The van der Waals surface area contributed by atoms with Gasteiger partial charge in [0, 0.05) is 19.0 Å². The molecule has 0 saturated carbocycles. The minimum atomic E-state index is -3.99. The zero-order chi connectivity index (χ0) is 30.4. The molecule has 0 radical (unpaired) electrons. The molecule has 0 aliphatic carbocycles. The van der Waals surface area contributed by atoms with E-state index in [0.717, 1.165) is 34.6 Å². The summed E-state index contributed by atoms with van der Waals surface area (Å²) in [7, 11) is -3.99. The van der Waals surface area contributed by atoms with Crippen LogP contribution in [0.15, 0.2) is 83.8 Å². The summed E-state index contributed by atoms with van der Waals surface area (Å²) in [6, 6.07) is 21.7. The van der Waals surface area contributed by atoms with Crippen molar-refractivity contribution in [2.45, 2.75) is 38.5 Å². The third-order valence-corrected chi connectivity index (χ3v) is 7.83. The second-order valence-corrected chi connectivity index (χ2v) is 11.9. The number of fused-ring (bicyclic) bond motifs is 1. The first kappa shape index (κ1) is 30.1. The third kappa shape index (κ3) is 7.74. The van der Waals surface area contributed by atoms with Gasteiger partial charge in [0.15, 0.2) is 23.2 Å². The molecule has 0 saturated heterocycles. The highest BCUT2D eigenvalue weighted by Crippen LogP contribution is 2.26. The van der Waals surface area contributed by atoms with Crippen molar-refractivity contribution in [3.63, 3.8) is 0 Å². The van der Waals surface area contributed by atoms with Gasteiger partial charge in [0.05, 0.1) is 23.7 Å². The molecule has 224 valence electrons. The molecule has 43 heavy (non-hydrogen) atoms. The van der Waals surface area contributed by atoms with Crippen LogP contribution in [0.3, 0.4) is 0 Å². The average Bonchev–Trinajstić information content (AvgIpc) is 3.29. The highest BCUT2D eigenvalue weighted by molar-refractivity contribution is 7.85. The van der Waals surface area contributed by atoms with Gasteiger partial charge in [-0.2, -0.15) is 8.42 Å². The van der Waals surface area contributed by atoms with E-state index in [2.05, 4.69) is 9.97 Å². The standard InChI is InChI=1S/C32H31F2N3O5S/c33-25-17-23(18-26(34)30(25)42-15-9-1-2-10-16-43(39,40)41)20-28-32(38)37-21-29(24-13-7-4-8-14-24)35-27(31(37)36-28)19-22-11-5-3-6-12-22/h3-8,11-14,17-18,21,35H,1-2,9-10,15-16,19-20H2,(H,39,40,41). The van der Waals surface area contributed by atoms with E-state index in [1.165, 1.54) is 4.57 Å². The summed E-state index contributed by atoms with van der Waals surface area (Å²) in [5.41, 5.74) is 3.42. The molecule has 3 aromatic rings. The molecule has 11 heteroatoms. The Morgan fingerprint density at radius 1 is 0.860 bits per heavy atom. The molecule has 2 aliphatic rings. The fourth-order valence-corrected chi connectivity index (χ4v) is 5.51. The number of benzene rings is 3. The summed E-state index contributed by atoms with van der Waals surface area (Å²) in [5.74, 6) is -2.16. The van der Waals surface area contributed by atoms with E-state index < -0.39 is 27.5 Å². The summed E-state index contributed by atoms with van der Waals surface area (Å²) in [6.07, 6.45) is 3.97. The van der Waals surface area contributed by atoms with Gasteiger partial charge in [0.1, 0.15) is 5.69 Å². The fourth-order valence-electron chi connectivity index (χ4n) is 4.94. The highest BCUT2D eigenvalue weighted by atomic mass is 32.2. The predicted molar refractivity (Wildman–Crippen MR) is 160 cm³/mol. The lowest BCUT2D eigenvalue weighted by molar-refractivity contribution is 0.275. The summed E-state index contributed by atoms with van der Waals surface area (Å²) < 4.78 is 66.8. The van der Waals surface area contributed by atoms with E-state index in [0.29, 0.717) is 37.9 Å². The first-order valence-corrected chi connectivity index (χ1v) is 15.6. The largest absolute Gasteiger partial charge is 0.488 e. The summed E-state index contributed by atoms with van der Waals surface area (Å²) in [6.45, 7) is 0.0423. The molecule has 0 bridgehead atoms. The van der Waals surface area contributed by atoms with Gasteiger partial charge >= 0.3 is 0 Å². The Labute approximate surface area is 248 Å². The van der Waals surface area contributed by atoms with Crippen molar-refractivity contribution in [1.82, 2.24) is 14.5 Å². The van der Waals surface area contributed by atoms with Gasteiger partial charge in [-0.15, -0.1) is 0 Å². The van der Waals surface area contributed by atoms with Crippen molar-refractivity contribution in [1.29, 1.82) is 0 Å². The summed E-state index contributed by atoms with van der Waals surface area (Å²) in [4.78, 5) is 21.5. The zero-order valence-corrected chi connectivity index (χ0v) is 24.1. The number of rotatable bonds is 13. The van der Waals surface area contributed by atoms with Crippen molar-refractivity contribution in [3.8, 4) is 22.8 Å². The molecule has 0 atom stereocenters. The van der Waals surface area contributed by atoms with Crippen molar-refractivity contribution >= 4 is 10.1 Å². The van der Waals surface area contributed by atoms with Crippen LogP contribution >= 0.6 is 0 Å². The molecule has 2 aliphatic heterocycles. The van der Waals surface area contributed by atoms with E-state index in [1.54, 1.807) is 6.20 Å². The van der Waals surface area contributed by atoms with Crippen molar-refractivity contribution in [2.24, 2.45) is 0 Å². The maximum absolute atomic E-state index is 14.9. The number of nitrogens with zero attached hydrogens (tertiary/aromatic N) is 2. The normalized spacial score (nSPS) is 11.7. The third-order valence-electron chi connectivity index (χ3n) is 7.03. The molecule has 2 heterocycles. The van der Waals surface area contributed by atoms with Gasteiger partial charge in [0.2, 0.25) is 0 Å². The smallest absolute Gasteiger partial charge is 0.278 e. The van der Waals surface area contributed by atoms with Gasteiger partial charge < -0.3 is 9.72 Å². The number of ether oxygens (including phenoxy) is 1. The van der Waals surface area contributed by atoms with Gasteiger partial charge in [0.25, 0.3) is 15.7 Å². The van der Waals surface area contributed by atoms with Crippen LogP contribution in [-0.2, 0) is 23.0 Å². The Morgan fingerprint density at radius 2 is 1.51 bits per heavy atom. The van der Waals surface area contributed by atoms with E-state index in [9.17, 15) is 22.0 Å². The summed E-state index contributed by atoms with van der Waals surface area (Å²) in [5, 5.41) is 0. The summed E-state index contributed by atoms with van der Waals surface area (Å²) >= 11 is 0. The molecule has 2 N–H and O–H groups in total. The van der Waals surface area contributed by atoms with E-state index >= 15 is 0 Å². The minimum Gasteiger partial charge on any atom is -0.488 e. The molecule has 0 amide bonds. The molecular formula is C32H31F2N3O5S. The van der Waals surface area contributed by atoms with E-state index in [1.807, 2.05) is 60.7 Å². The van der Waals surface area contributed by atoms with Crippen LogP contribution in [0.2, 0.25) is 0 Å². The number of imidazole rings is 1. The highest BCUT2D eigenvalue weighted by Gasteiger charge is 2.22. The lowest BCUT2D eigenvalue weighted by Gasteiger charge is -2.13. The van der Waals surface area contributed by atoms with Gasteiger partial charge in [-0.05, 0) is 41.7 Å². The maximum Gasteiger partial charge on any atom is 0.278 e. The predicted octanol–water partition coefficient (Wildman–Crippen LogP) is 5.95. The SMILES string of the molecule is O=c1c(Cc2cc(F)c(OCCCCCCS(=O)(=O)O)c(F)c2)nc2c(Cc3ccccc3)[nH]c(-c3ccccc3)cn1-2. The van der Waals surface area contributed by atoms with Crippen LogP contribution in [0, 0.1) is 11.6 Å². The average molecular weight is 608 g/mol. The van der Waals surface area contributed by atoms with Crippen LogP contribution in [0.1, 0.15) is 48.2 Å². The number of nitrogens with one attached hydrogen (secondary N) is 1. The molecule has 0 spiro atoms. The second kappa shape index (κ2) is 13.3. The molecule has 3 aromatic carbocycles. The number of H-pyrrole nitrogens is 1. The van der Waals surface area contributed by atoms with Gasteiger partial charge in [-0.25, -0.2) is 13.8 Å². The number of aromatic nitrogens is 3. The number of hydrogen-bond donors (Lipinski definition) is 2. The Morgan fingerprint density at radius 3 is 2.19 bits per heavy atom. The Bertz CT molecular complexity index is 1800. The van der Waals surface area contributed by atoms with Crippen LogP contribution in [0.4, 0.5) is 8.78 Å². The Kier molecular flexibility index (Phi) is 9.32. The van der Waals surface area contributed by atoms with Crippen molar-refractivity contribution in [3.05, 3.63) is 123 Å². The van der Waals surface area contributed by atoms with Crippen molar-refractivity contribution < 1.29 is 26.5 Å². The molecule has 8 nitrogen and oxygen atoms in total. The maximum atomic E-state index is 14.9. The van der Waals surface area contributed by atoms with Crippen LogP contribution in [0.25, 0.3) is 17.1 Å². The first-order valence-electron chi connectivity index (χ1n) is 14.0. The quantitative estimate of drug-likeness (QED) is 0.126. The molecular weight excluding hydrogens is 576 g/mol.